The number of hydroxylamine groups is 1. The van der Waals surface area contributed by atoms with E-state index in [-0.39, 0.29) is 35.0 Å². The highest BCUT2D eigenvalue weighted by Crippen LogP contribution is 2.23. The summed E-state index contributed by atoms with van der Waals surface area (Å²) >= 11 is 3.02. The maximum Gasteiger partial charge on any atom is 0.333 e. The van der Waals surface area contributed by atoms with Crippen molar-refractivity contribution in [3.8, 4) is 0 Å². The molecule has 0 fully saturated rings. The summed E-state index contributed by atoms with van der Waals surface area (Å²) in [6, 6.07) is 3.94. The lowest BCUT2D eigenvalue weighted by atomic mass is 10.3. The predicted molar refractivity (Wildman–Crippen MR) is 87.1 cm³/mol. The SMILES string of the molecule is NS(=O)(=O)OCCNc1nonc1C(=Nc1ccc(F)c(Br)c1)NO. The fourth-order valence-electron chi connectivity index (χ4n) is 1.60. The van der Waals surface area contributed by atoms with Crippen molar-refractivity contribution < 1.29 is 26.8 Å². The average molecular weight is 439 g/mol. The number of anilines is 1. The summed E-state index contributed by atoms with van der Waals surface area (Å²) in [5, 5.41) is 23.8. The van der Waals surface area contributed by atoms with Crippen LogP contribution in [0.4, 0.5) is 15.9 Å². The second-order valence-corrected chi connectivity index (χ2v) is 6.45. The third-order valence-corrected chi connectivity index (χ3v) is 3.71. The van der Waals surface area contributed by atoms with Crippen LogP contribution in [0, 0.1) is 5.82 Å². The molecule has 2 rings (SSSR count). The van der Waals surface area contributed by atoms with E-state index in [1.54, 1.807) is 0 Å². The zero-order valence-corrected chi connectivity index (χ0v) is 14.7. The molecule has 25 heavy (non-hydrogen) atoms. The van der Waals surface area contributed by atoms with E-state index in [9.17, 15) is 18.0 Å². The molecule has 0 aliphatic rings. The first-order valence-electron chi connectivity index (χ1n) is 6.48. The zero-order valence-electron chi connectivity index (χ0n) is 12.3. The average Bonchev–Trinajstić information content (AvgIpc) is 3.00. The van der Waals surface area contributed by atoms with Crippen LogP contribution in [0.3, 0.4) is 0 Å². The Morgan fingerprint density at radius 3 is 2.88 bits per heavy atom. The van der Waals surface area contributed by atoms with Gasteiger partial charge in [-0.15, -0.1) is 0 Å². The molecule has 0 saturated heterocycles. The fourth-order valence-corrected chi connectivity index (χ4v) is 2.28. The molecule has 0 unspecified atom stereocenters. The predicted octanol–water partition coefficient (Wildman–Crippen LogP) is 0.660. The quantitative estimate of drug-likeness (QED) is 0.210. The number of amidine groups is 1. The van der Waals surface area contributed by atoms with E-state index >= 15 is 0 Å². The van der Waals surface area contributed by atoms with Crippen LogP contribution >= 0.6 is 15.9 Å². The van der Waals surface area contributed by atoms with Gasteiger partial charge < -0.3 is 5.32 Å². The van der Waals surface area contributed by atoms with Gasteiger partial charge in [0.15, 0.2) is 11.5 Å². The number of halogens is 2. The summed E-state index contributed by atoms with van der Waals surface area (Å²) in [4.78, 5) is 4.06. The summed E-state index contributed by atoms with van der Waals surface area (Å²) in [6.45, 7) is -0.270. The molecule has 11 nitrogen and oxygen atoms in total. The van der Waals surface area contributed by atoms with Gasteiger partial charge in [0, 0.05) is 6.54 Å². The third-order valence-electron chi connectivity index (χ3n) is 2.60. The molecule has 0 radical (unpaired) electrons. The van der Waals surface area contributed by atoms with Crippen molar-refractivity contribution in [3.05, 3.63) is 34.2 Å². The Hall–Kier alpha value is -2.13. The molecular formula is C11H12BrFN6O5S. The lowest BCUT2D eigenvalue weighted by molar-refractivity contribution is 0.234. The first-order valence-corrected chi connectivity index (χ1v) is 8.74. The molecular weight excluding hydrogens is 427 g/mol. The highest BCUT2D eigenvalue weighted by Gasteiger charge is 2.16. The monoisotopic (exact) mass is 438 g/mol. The molecule has 1 heterocycles. The minimum absolute atomic E-state index is 0.00134. The van der Waals surface area contributed by atoms with Crippen molar-refractivity contribution in [1.29, 1.82) is 0 Å². The van der Waals surface area contributed by atoms with E-state index in [1.165, 1.54) is 18.2 Å². The van der Waals surface area contributed by atoms with Crippen LogP contribution in [-0.4, -0.2) is 42.9 Å². The van der Waals surface area contributed by atoms with Gasteiger partial charge in [-0.1, -0.05) is 0 Å². The number of hydrogen-bond acceptors (Lipinski definition) is 9. The van der Waals surface area contributed by atoms with Crippen LogP contribution in [0.5, 0.6) is 0 Å². The Kier molecular flexibility index (Phi) is 6.38. The molecule has 0 amide bonds. The molecule has 0 saturated carbocycles. The first-order chi connectivity index (χ1) is 11.8. The number of nitrogens with one attached hydrogen (secondary N) is 2. The summed E-state index contributed by atoms with van der Waals surface area (Å²) in [6.07, 6.45) is 0. The molecule has 2 aromatic rings. The van der Waals surface area contributed by atoms with Crippen LogP contribution in [-0.2, 0) is 14.5 Å². The minimum Gasteiger partial charge on any atom is -0.363 e. The molecule has 0 atom stereocenters. The van der Waals surface area contributed by atoms with E-state index in [0.29, 0.717) is 5.69 Å². The lowest BCUT2D eigenvalue weighted by Crippen LogP contribution is -2.23. The van der Waals surface area contributed by atoms with E-state index in [1.807, 2.05) is 5.48 Å². The molecule has 0 spiro atoms. The molecule has 136 valence electrons. The Labute approximate surface area is 149 Å². The van der Waals surface area contributed by atoms with Crippen molar-refractivity contribution in [2.45, 2.75) is 0 Å². The normalized spacial score (nSPS) is 12.2. The zero-order chi connectivity index (χ0) is 18.4. The van der Waals surface area contributed by atoms with Gasteiger partial charge in [0.1, 0.15) is 5.82 Å². The number of nitrogens with two attached hydrogens (primary N) is 1. The number of benzene rings is 1. The Morgan fingerprint density at radius 1 is 1.48 bits per heavy atom. The Balaban J connectivity index is 2.14. The highest BCUT2D eigenvalue weighted by molar-refractivity contribution is 9.10. The lowest BCUT2D eigenvalue weighted by Gasteiger charge is -2.06. The first kappa shape index (κ1) is 19.2. The molecule has 5 N–H and O–H groups in total. The van der Waals surface area contributed by atoms with Crippen molar-refractivity contribution in [2.75, 3.05) is 18.5 Å². The maximum atomic E-state index is 13.2. The molecule has 0 aliphatic heterocycles. The minimum atomic E-state index is -4.06. The van der Waals surface area contributed by atoms with E-state index in [0.717, 1.165) is 0 Å². The summed E-state index contributed by atoms with van der Waals surface area (Å²) in [7, 11) is -4.06. The van der Waals surface area contributed by atoms with Crippen molar-refractivity contribution in [2.24, 2.45) is 10.1 Å². The molecule has 14 heteroatoms. The second kappa shape index (κ2) is 8.30. The number of rotatable bonds is 7. The van der Waals surface area contributed by atoms with Crippen LogP contribution < -0.4 is 15.9 Å². The largest absolute Gasteiger partial charge is 0.363 e. The van der Waals surface area contributed by atoms with Crippen LogP contribution in [0.2, 0.25) is 0 Å². The van der Waals surface area contributed by atoms with Gasteiger partial charge >= 0.3 is 10.3 Å². The van der Waals surface area contributed by atoms with E-state index < -0.39 is 16.1 Å². The van der Waals surface area contributed by atoms with Crippen molar-refractivity contribution in [1.82, 2.24) is 15.8 Å². The molecule has 1 aromatic heterocycles. The fraction of sp³-hybridized carbons (Fsp3) is 0.182. The third kappa shape index (κ3) is 5.71. The second-order valence-electron chi connectivity index (χ2n) is 4.37. The maximum absolute atomic E-state index is 13.2. The molecule has 1 aromatic carbocycles. The highest BCUT2D eigenvalue weighted by atomic mass is 79.9. The summed E-state index contributed by atoms with van der Waals surface area (Å²) in [5.41, 5.74) is 2.13. The van der Waals surface area contributed by atoms with Gasteiger partial charge in [-0.05, 0) is 44.4 Å². The van der Waals surface area contributed by atoms with Crippen LogP contribution in [0.15, 0.2) is 32.3 Å². The van der Waals surface area contributed by atoms with E-state index in [2.05, 4.69) is 50.5 Å². The Bertz CT molecular complexity index is 874. The van der Waals surface area contributed by atoms with Gasteiger partial charge in [-0.25, -0.2) is 19.2 Å². The summed E-state index contributed by atoms with van der Waals surface area (Å²) < 4.78 is 43.6. The molecule has 0 bridgehead atoms. The Morgan fingerprint density at radius 2 is 2.24 bits per heavy atom. The summed E-state index contributed by atoms with van der Waals surface area (Å²) in [5.74, 6) is -0.563. The standard InChI is InChI=1S/C11H12BrFN6O5S/c12-7-5-6(1-2-8(7)13)16-11(17-20)9-10(19-24-18-9)15-3-4-23-25(14,21)22/h1-2,5,20H,3-4H2,(H,15,19)(H,16,17)(H2,14,21,22). The number of nitrogens with zero attached hydrogens (tertiary/aromatic N) is 3. The van der Waals surface area contributed by atoms with Crippen LogP contribution in [0.1, 0.15) is 5.69 Å². The smallest absolute Gasteiger partial charge is 0.333 e. The van der Waals surface area contributed by atoms with Gasteiger partial charge in [0.2, 0.25) is 5.82 Å². The van der Waals surface area contributed by atoms with Gasteiger partial charge in [-0.3, -0.25) is 14.9 Å². The van der Waals surface area contributed by atoms with Crippen molar-refractivity contribution >= 4 is 43.6 Å². The number of hydrogen-bond donors (Lipinski definition) is 4. The van der Waals surface area contributed by atoms with Gasteiger partial charge in [0.25, 0.3) is 0 Å². The topological polar surface area (TPSA) is 165 Å². The van der Waals surface area contributed by atoms with Crippen molar-refractivity contribution in [3.63, 3.8) is 0 Å². The van der Waals surface area contributed by atoms with Gasteiger partial charge in [0.05, 0.1) is 16.8 Å². The van der Waals surface area contributed by atoms with Gasteiger partial charge in [-0.2, -0.15) is 8.42 Å². The molecule has 0 aliphatic carbocycles. The van der Waals surface area contributed by atoms with Crippen LogP contribution in [0.25, 0.3) is 0 Å². The van der Waals surface area contributed by atoms with E-state index in [4.69, 9.17) is 0 Å². The number of aromatic nitrogens is 2. The number of aliphatic imine (C=N–C) groups is 1.